The first-order valence-electron chi connectivity index (χ1n) is 5.59. The molecule has 1 aliphatic rings. The van der Waals surface area contributed by atoms with Crippen molar-refractivity contribution in [2.45, 2.75) is 45.2 Å². The molecule has 1 saturated heterocycles. The van der Waals surface area contributed by atoms with Gasteiger partial charge in [0.1, 0.15) is 0 Å². The number of hydrogen-bond acceptors (Lipinski definition) is 3. The van der Waals surface area contributed by atoms with Crippen molar-refractivity contribution in [2.24, 2.45) is 0 Å². The summed E-state index contributed by atoms with van der Waals surface area (Å²) in [5.41, 5.74) is -0.144. The van der Waals surface area contributed by atoms with Crippen LogP contribution in [-0.2, 0) is 9.53 Å². The number of ether oxygens (including phenoxy) is 1. The molecule has 4 nitrogen and oxygen atoms in total. The van der Waals surface area contributed by atoms with Crippen molar-refractivity contribution in [3.63, 3.8) is 0 Å². The van der Waals surface area contributed by atoms with Gasteiger partial charge in [-0.05, 0) is 33.6 Å². The molecule has 0 aliphatic carbocycles. The van der Waals surface area contributed by atoms with Crippen LogP contribution >= 0.6 is 0 Å². The van der Waals surface area contributed by atoms with Gasteiger partial charge in [0.05, 0.1) is 6.54 Å². The van der Waals surface area contributed by atoms with E-state index < -0.39 is 0 Å². The van der Waals surface area contributed by atoms with Gasteiger partial charge in [-0.15, -0.1) is 0 Å². The Hall–Kier alpha value is -0.610. The zero-order chi connectivity index (χ0) is 11.3. The Kier molecular flexibility index (Phi) is 4.54. The van der Waals surface area contributed by atoms with Crippen molar-refractivity contribution in [3.05, 3.63) is 0 Å². The van der Waals surface area contributed by atoms with E-state index in [1.165, 1.54) is 0 Å². The average Bonchev–Trinajstić information content (AvgIpc) is 2.14. The van der Waals surface area contributed by atoms with E-state index in [2.05, 4.69) is 10.6 Å². The summed E-state index contributed by atoms with van der Waals surface area (Å²) < 4.78 is 5.25. The van der Waals surface area contributed by atoms with Crippen molar-refractivity contribution in [1.82, 2.24) is 10.6 Å². The van der Waals surface area contributed by atoms with Crippen LogP contribution in [0.1, 0.15) is 33.6 Å². The maximum Gasteiger partial charge on any atom is 0.234 e. The van der Waals surface area contributed by atoms with E-state index in [0.717, 1.165) is 26.1 Å². The molecule has 1 aliphatic heterocycles. The third-order valence-electron chi connectivity index (χ3n) is 2.29. The predicted octanol–water partition coefficient (Wildman–Crippen LogP) is 0.670. The summed E-state index contributed by atoms with van der Waals surface area (Å²) in [5, 5.41) is 6.18. The highest BCUT2D eigenvalue weighted by molar-refractivity contribution is 5.78. The summed E-state index contributed by atoms with van der Waals surface area (Å²) in [6.45, 7) is 7.97. The van der Waals surface area contributed by atoms with Crippen molar-refractivity contribution >= 4 is 5.91 Å². The Balaban J connectivity index is 2.15. The topological polar surface area (TPSA) is 50.4 Å². The lowest BCUT2D eigenvalue weighted by atomic mass is 10.1. The molecule has 15 heavy (non-hydrogen) atoms. The van der Waals surface area contributed by atoms with Crippen molar-refractivity contribution in [1.29, 1.82) is 0 Å². The lowest BCUT2D eigenvalue weighted by Gasteiger charge is -2.25. The normalized spacial score (nSPS) is 18.9. The molecule has 1 heterocycles. The third-order valence-corrected chi connectivity index (χ3v) is 2.29. The molecule has 1 rings (SSSR count). The van der Waals surface area contributed by atoms with Crippen molar-refractivity contribution in [3.8, 4) is 0 Å². The predicted molar refractivity (Wildman–Crippen MR) is 59.7 cm³/mol. The fourth-order valence-corrected chi connectivity index (χ4v) is 1.60. The first-order valence-corrected chi connectivity index (χ1v) is 5.59. The lowest BCUT2D eigenvalue weighted by Crippen LogP contribution is -2.47. The van der Waals surface area contributed by atoms with Gasteiger partial charge in [0.25, 0.3) is 0 Å². The molecule has 4 heteroatoms. The van der Waals surface area contributed by atoms with E-state index in [4.69, 9.17) is 4.74 Å². The second-order valence-electron chi connectivity index (χ2n) is 5.07. The Morgan fingerprint density at radius 2 is 1.93 bits per heavy atom. The standard InChI is InChI=1S/C11H22N2O2/c1-11(2,3)13-10(14)8-12-9-4-6-15-7-5-9/h9,12H,4-8H2,1-3H3,(H,13,14). The van der Waals surface area contributed by atoms with Crippen LogP contribution < -0.4 is 10.6 Å². The zero-order valence-corrected chi connectivity index (χ0v) is 9.93. The molecular weight excluding hydrogens is 192 g/mol. The molecule has 0 aromatic carbocycles. The Bertz CT molecular complexity index is 205. The first kappa shape index (κ1) is 12.5. The minimum atomic E-state index is -0.144. The van der Waals surface area contributed by atoms with E-state index >= 15 is 0 Å². The molecule has 0 saturated carbocycles. The SMILES string of the molecule is CC(C)(C)NC(=O)CNC1CCOCC1. The zero-order valence-electron chi connectivity index (χ0n) is 9.93. The van der Waals surface area contributed by atoms with Gasteiger partial charge in [-0.3, -0.25) is 4.79 Å². The molecule has 0 aromatic rings. The number of rotatable bonds is 3. The van der Waals surface area contributed by atoms with Gasteiger partial charge in [0.2, 0.25) is 5.91 Å². The lowest BCUT2D eigenvalue weighted by molar-refractivity contribution is -0.121. The van der Waals surface area contributed by atoms with Crippen LogP contribution in [0.4, 0.5) is 0 Å². The summed E-state index contributed by atoms with van der Waals surface area (Å²) in [4.78, 5) is 11.5. The number of carbonyl (C=O) groups is 1. The molecule has 0 radical (unpaired) electrons. The van der Waals surface area contributed by atoms with Gasteiger partial charge in [0, 0.05) is 24.8 Å². The summed E-state index contributed by atoms with van der Waals surface area (Å²) in [5.74, 6) is 0.0639. The van der Waals surface area contributed by atoms with Gasteiger partial charge in [-0.25, -0.2) is 0 Å². The van der Waals surface area contributed by atoms with Crippen LogP contribution in [0.2, 0.25) is 0 Å². The first-order chi connectivity index (χ1) is 6.97. The quantitative estimate of drug-likeness (QED) is 0.726. The molecule has 0 bridgehead atoms. The van der Waals surface area contributed by atoms with E-state index in [-0.39, 0.29) is 11.4 Å². The molecule has 0 aromatic heterocycles. The van der Waals surface area contributed by atoms with Gasteiger partial charge in [-0.1, -0.05) is 0 Å². The van der Waals surface area contributed by atoms with Gasteiger partial charge in [-0.2, -0.15) is 0 Å². The van der Waals surface area contributed by atoms with Crippen LogP contribution in [-0.4, -0.2) is 37.2 Å². The highest BCUT2D eigenvalue weighted by Crippen LogP contribution is 2.05. The molecule has 2 N–H and O–H groups in total. The molecule has 1 fully saturated rings. The second kappa shape index (κ2) is 5.47. The maximum absolute atomic E-state index is 11.5. The van der Waals surface area contributed by atoms with E-state index in [1.54, 1.807) is 0 Å². The van der Waals surface area contributed by atoms with Crippen LogP contribution in [0.3, 0.4) is 0 Å². The highest BCUT2D eigenvalue weighted by Gasteiger charge is 2.16. The molecule has 88 valence electrons. The Labute approximate surface area is 91.8 Å². The van der Waals surface area contributed by atoms with Gasteiger partial charge < -0.3 is 15.4 Å². The highest BCUT2D eigenvalue weighted by atomic mass is 16.5. The molecule has 0 spiro atoms. The summed E-state index contributed by atoms with van der Waals surface area (Å²) in [6.07, 6.45) is 2.01. The average molecular weight is 214 g/mol. The van der Waals surface area contributed by atoms with E-state index in [9.17, 15) is 4.79 Å². The fraction of sp³-hybridized carbons (Fsp3) is 0.909. The van der Waals surface area contributed by atoms with Gasteiger partial charge in [0.15, 0.2) is 0 Å². The van der Waals surface area contributed by atoms with Crippen LogP contribution in [0.5, 0.6) is 0 Å². The fourth-order valence-electron chi connectivity index (χ4n) is 1.60. The van der Waals surface area contributed by atoms with Crippen molar-refractivity contribution in [2.75, 3.05) is 19.8 Å². The summed E-state index contributed by atoms with van der Waals surface area (Å²) >= 11 is 0. The number of hydrogen-bond donors (Lipinski definition) is 2. The number of nitrogens with one attached hydrogen (secondary N) is 2. The molecule has 1 amide bonds. The van der Waals surface area contributed by atoms with Crippen molar-refractivity contribution < 1.29 is 9.53 Å². The monoisotopic (exact) mass is 214 g/mol. The number of amides is 1. The summed E-state index contributed by atoms with van der Waals surface area (Å²) in [7, 11) is 0. The minimum absolute atomic E-state index is 0.0639. The maximum atomic E-state index is 11.5. The summed E-state index contributed by atoms with van der Waals surface area (Å²) in [6, 6.07) is 0.435. The third kappa shape index (κ3) is 5.74. The number of carbonyl (C=O) groups excluding carboxylic acids is 1. The molecule has 0 unspecified atom stereocenters. The van der Waals surface area contributed by atoms with Crippen LogP contribution in [0.25, 0.3) is 0 Å². The van der Waals surface area contributed by atoms with Gasteiger partial charge >= 0.3 is 0 Å². The van der Waals surface area contributed by atoms with Crippen LogP contribution in [0, 0.1) is 0 Å². The Morgan fingerprint density at radius 3 is 2.47 bits per heavy atom. The molecular formula is C11H22N2O2. The smallest absolute Gasteiger partial charge is 0.234 e. The van der Waals surface area contributed by atoms with E-state index in [1.807, 2.05) is 20.8 Å². The largest absolute Gasteiger partial charge is 0.381 e. The van der Waals surface area contributed by atoms with Crippen LogP contribution in [0.15, 0.2) is 0 Å². The Morgan fingerprint density at radius 1 is 1.33 bits per heavy atom. The van der Waals surface area contributed by atoms with E-state index in [0.29, 0.717) is 12.6 Å². The minimum Gasteiger partial charge on any atom is -0.381 e. The second-order valence-corrected chi connectivity index (χ2v) is 5.07. The molecule has 0 atom stereocenters.